The molecule has 0 bridgehead atoms. The molecule has 6 aromatic rings. The van der Waals surface area contributed by atoms with Crippen molar-refractivity contribution in [2.75, 3.05) is 0 Å². The lowest BCUT2D eigenvalue weighted by atomic mass is 9.92. The summed E-state index contributed by atoms with van der Waals surface area (Å²) in [7, 11) is 0. The highest BCUT2D eigenvalue weighted by atomic mass is 16.5. The Bertz CT molecular complexity index is 2240. The van der Waals surface area contributed by atoms with E-state index in [-0.39, 0.29) is 19.8 Å². The van der Waals surface area contributed by atoms with E-state index in [9.17, 15) is 9.59 Å². The van der Waals surface area contributed by atoms with Crippen LogP contribution in [0, 0.1) is 31.8 Å². The fourth-order valence-corrected chi connectivity index (χ4v) is 5.80. The first-order valence-corrected chi connectivity index (χ1v) is 16.9. The predicted octanol–water partition coefficient (Wildman–Crippen LogP) is 9.12. The summed E-state index contributed by atoms with van der Waals surface area (Å²) in [4.78, 5) is 35.0. The number of aldehydes is 2. The first kappa shape index (κ1) is 36.5. The predicted molar refractivity (Wildman–Crippen MR) is 202 cm³/mol. The summed E-state index contributed by atoms with van der Waals surface area (Å²) in [5.74, 6) is 1.83. The Labute approximate surface area is 313 Å². The third kappa shape index (κ3) is 8.76. The molecule has 4 aromatic carbocycles. The summed E-state index contributed by atoms with van der Waals surface area (Å²) in [6.07, 6.45) is 7.65. The second-order valence-electron chi connectivity index (χ2n) is 12.3. The molecular formula is C44H34N4O6. The van der Waals surface area contributed by atoms with Gasteiger partial charge in [0.25, 0.3) is 0 Å². The average molecular weight is 715 g/mol. The molecule has 0 atom stereocenters. The molecule has 0 unspecified atom stereocenters. The minimum Gasteiger partial charge on any atom is -0.489 e. The van der Waals surface area contributed by atoms with Gasteiger partial charge >= 0.3 is 0 Å². The van der Waals surface area contributed by atoms with Crippen molar-refractivity contribution in [3.8, 4) is 40.2 Å². The fraction of sp³-hybridized carbons (Fsp3) is 0.136. The number of ether oxygens (including phenoxy) is 4. The van der Waals surface area contributed by atoms with Crippen LogP contribution in [0.3, 0.4) is 0 Å². The van der Waals surface area contributed by atoms with Crippen LogP contribution in [0.4, 0.5) is 5.69 Å². The van der Waals surface area contributed by atoms with E-state index in [1.54, 1.807) is 60.9 Å². The van der Waals surface area contributed by atoms with Crippen LogP contribution >= 0.6 is 0 Å². The first-order valence-electron chi connectivity index (χ1n) is 16.9. The molecule has 0 spiro atoms. The highest BCUT2D eigenvalue weighted by molar-refractivity contribution is 5.80. The zero-order valence-corrected chi connectivity index (χ0v) is 29.6. The second-order valence-corrected chi connectivity index (χ2v) is 12.3. The molecule has 0 saturated carbocycles. The SMILES string of the molecule is [C-]#[N+]c1cncc(COc2cc(OCc3cccc(-c4cccc(COc5ccc(C=O)c(OCc6cncc(C#N)c6)c5)c4C)c3C)ccc2C=O)c1. The van der Waals surface area contributed by atoms with Gasteiger partial charge in [0.15, 0.2) is 12.6 Å². The quantitative estimate of drug-likeness (QED) is 0.0756. The number of carbonyl (C=O) groups excluding carboxylic acids is 2. The van der Waals surface area contributed by atoms with Crippen LogP contribution in [-0.4, -0.2) is 22.5 Å². The monoisotopic (exact) mass is 714 g/mol. The molecule has 0 fully saturated rings. The summed E-state index contributed by atoms with van der Waals surface area (Å²) >= 11 is 0. The molecule has 266 valence electrons. The molecule has 0 amide bonds. The van der Waals surface area contributed by atoms with E-state index >= 15 is 0 Å². The molecule has 0 saturated heterocycles. The Morgan fingerprint density at radius 1 is 0.648 bits per heavy atom. The fourth-order valence-electron chi connectivity index (χ4n) is 5.80. The van der Waals surface area contributed by atoms with Crippen molar-refractivity contribution in [3.63, 3.8) is 0 Å². The second kappa shape index (κ2) is 17.3. The molecule has 6 rings (SSSR count). The smallest absolute Gasteiger partial charge is 0.205 e. The third-order valence-electron chi connectivity index (χ3n) is 8.82. The summed E-state index contributed by atoms with van der Waals surface area (Å²) in [5.41, 5.74) is 9.27. The number of benzene rings is 4. The number of pyridine rings is 2. The lowest BCUT2D eigenvalue weighted by molar-refractivity contribution is 0.111. The molecular weight excluding hydrogens is 681 g/mol. The lowest BCUT2D eigenvalue weighted by Crippen LogP contribution is -2.03. The van der Waals surface area contributed by atoms with Crippen LogP contribution in [-0.2, 0) is 26.4 Å². The summed E-state index contributed by atoms with van der Waals surface area (Å²) < 4.78 is 24.3. The van der Waals surface area contributed by atoms with E-state index in [2.05, 4.69) is 46.9 Å². The molecule has 54 heavy (non-hydrogen) atoms. The molecule has 2 aromatic heterocycles. The van der Waals surface area contributed by atoms with Crippen LogP contribution in [0.15, 0.2) is 110 Å². The Morgan fingerprint density at radius 3 is 1.67 bits per heavy atom. The van der Waals surface area contributed by atoms with Crippen LogP contribution in [0.25, 0.3) is 16.0 Å². The number of hydrogen-bond acceptors (Lipinski definition) is 9. The first-order chi connectivity index (χ1) is 26.4. The molecule has 10 heteroatoms. The van der Waals surface area contributed by atoms with Crippen molar-refractivity contribution >= 4 is 18.3 Å². The van der Waals surface area contributed by atoms with Gasteiger partial charge in [-0.05, 0) is 89.2 Å². The Hall–Kier alpha value is -7.30. The number of aromatic nitrogens is 2. The van der Waals surface area contributed by atoms with Crippen LogP contribution < -0.4 is 18.9 Å². The van der Waals surface area contributed by atoms with Gasteiger partial charge in [0.05, 0.1) is 23.3 Å². The van der Waals surface area contributed by atoms with Gasteiger partial charge in [-0.25, -0.2) is 4.85 Å². The maximum Gasteiger partial charge on any atom is 0.205 e. The minimum atomic E-state index is 0.137. The number of carbonyl (C=O) groups is 2. The molecule has 0 radical (unpaired) electrons. The van der Waals surface area contributed by atoms with Crippen LogP contribution in [0.5, 0.6) is 23.0 Å². The van der Waals surface area contributed by atoms with Crippen molar-refractivity contribution in [3.05, 3.63) is 171 Å². The van der Waals surface area contributed by atoms with Crippen molar-refractivity contribution in [2.24, 2.45) is 0 Å². The Morgan fingerprint density at radius 2 is 1.17 bits per heavy atom. The van der Waals surface area contributed by atoms with E-state index < -0.39 is 0 Å². The molecule has 0 aliphatic carbocycles. The largest absolute Gasteiger partial charge is 0.489 e. The lowest BCUT2D eigenvalue weighted by Gasteiger charge is -2.17. The van der Waals surface area contributed by atoms with Crippen LogP contribution in [0.1, 0.15) is 59.7 Å². The zero-order valence-electron chi connectivity index (χ0n) is 29.6. The van der Waals surface area contributed by atoms with Gasteiger partial charge in [-0.2, -0.15) is 5.26 Å². The minimum absolute atomic E-state index is 0.137. The van der Waals surface area contributed by atoms with Gasteiger partial charge in [0.1, 0.15) is 55.5 Å². The van der Waals surface area contributed by atoms with Crippen molar-refractivity contribution in [1.82, 2.24) is 9.97 Å². The van der Waals surface area contributed by atoms with Crippen molar-refractivity contribution in [1.29, 1.82) is 5.26 Å². The van der Waals surface area contributed by atoms with Crippen molar-refractivity contribution in [2.45, 2.75) is 40.3 Å². The van der Waals surface area contributed by atoms with Gasteiger partial charge in [-0.15, -0.1) is 0 Å². The molecule has 0 aliphatic rings. The Balaban J connectivity index is 1.13. The molecule has 2 heterocycles. The number of rotatable bonds is 15. The molecule has 0 N–H and O–H groups in total. The van der Waals surface area contributed by atoms with E-state index in [1.165, 1.54) is 12.4 Å². The van der Waals surface area contributed by atoms with Gasteiger partial charge in [0.2, 0.25) is 5.69 Å². The highest BCUT2D eigenvalue weighted by Crippen LogP contribution is 2.33. The maximum absolute atomic E-state index is 11.7. The molecule has 10 nitrogen and oxygen atoms in total. The van der Waals surface area contributed by atoms with E-state index in [1.807, 2.05) is 24.3 Å². The number of nitriles is 1. The van der Waals surface area contributed by atoms with E-state index in [0.29, 0.717) is 63.1 Å². The standard InChI is InChI=1S/C44H34N4O6/c1-29-36(27-51-39-12-10-34(23-49)43(16-39)53-25-32-14-31(18-45)19-47-20-32)6-4-8-41(29)42-9-5-7-37(30(42)2)28-52-40-13-11-35(24-50)44(17-40)54-26-33-15-38(46-3)22-48-21-33/h4-17,19-24H,25-28H2,1-2H3. The summed E-state index contributed by atoms with van der Waals surface area (Å²) in [6.45, 7) is 12.2. The van der Waals surface area contributed by atoms with Gasteiger partial charge in [-0.3, -0.25) is 19.6 Å². The Kier molecular flexibility index (Phi) is 11.7. The third-order valence-corrected chi connectivity index (χ3v) is 8.82. The summed E-state index contributed by atoms with van der Waals surface area (Å²) in [6, 6.07) is 27.8. The number of nitrogens with zero attached hydrogens (tertiary/aromatic N) is 4. The average Bonchev–Trinajstić information content (AvgIpc) is 3.21. The van der Waals surface area contributed by atoms with Gasteiger partial charge < -0.3 is 18.9 Å². The maximum atomic E-state index is 11.7. The highest BCUT2D eigenvalue weighted by Gasteiger charge is 2.14. The van der Waals surface area contributed by atoms with Gasteiger partial charge in [0, 0.05) is 42.5 Å². The van der Waals surface area contributed by atoms with Crippen LogP contribution in [0.2, 0.25) is 0 Å². The topological polar surface area (TPSA) is 125 Å². The number of hydrogen-bond donors (Lipinski definition) is 0. The normalized spacial score (nSPS) is 10.4. The van der Waals surface area contributed by atoms with E-state index in [4.69, 9.17) is 30.8 Å². The van der Waals surface area contributed by atoms with Gasteiger partial charge in [-0.1, -0.05) is 36.4 Å². The molecule has 0 aliphatic heterocycles. The van der Waals surface area contributed by atoms with E-state index in [0.717, 1.165) is 46.0 Å². The summed E-state index contributed by atoms with van der Waals surface area (Å²) in [5, 5.41) is 9.16. The zero-order chi connectivity index (χ0) is 37.9. The van der Waals surface area contributed by atoms with Crippen molar-refractivity contribution < 1.29 is 28.5 Å².